The van der Waals surface area contributed by atoms with Crippen LogP contribution in [0.15, 0.2) is 22.7 Å². The third-order valence-corrected chi connectivity index (χ3v) is 4.69. The van der Waals surface area contributed by atoms with Gasteiger partial charge in [-0.1, -0.05) is 19.1 Å². The highest BCUT2D eigenvalue weighted by atomic mass is 79.9. The molecule has 0 nitrogen and oxygen atoms in total. The van der Waals surface area contributed by atoms with Gasteiger partial charge < -0.3 is 0 Å². The van der Waals surface area contributed by atoms with E-state index >= 15 is 0 Å². The van der Waals surface area contributed by atoms with Crippen LogP contribution in [0.3, 0.4) is 0 Å². The number of benzene rings is 1. The summed E-state index contributed by atoms with van der Waals surface area (Å²) in [4.78, 5) is 0. The number of hydrogen-bond donors (Lipinski definition) is 0. The molecule has 0 fully saturated rings. The van der Waals surface area contributed by atoms with E-state index in [-0.39, 0.29) is 5.82 Å². The predicted octanol–water partition coefficient (Wildman–Crippen LogP) is 4.70. The zero-order valence-electron chi connectivity index (χ0n) is 8.47. The van der Waals surface area contributed by atoms with Crippen LogP contribution in [0.25, 0.3) is 0 Å². The summed E-state index contributed by atoms with van der Waals surface area (Å²) in [7, 11) is 0. The van der Waals surface area contributed by atoms with Crippen molar-refractivity contribution in [3.05, 3.63) is 34.1 Å². The molecule has 0 amide bonds. The van der Waals surface area contributed by atoms with E-state index in [2.05, 4.69) is 22.9 Å². The lowest BCUT2D eigenvalue weighted by molar-refractivity contribution is 0.619. The van der Waals surface area contributed by atoms with Gasteiger partial charge >= 0.3 is 0 Å². The first kappa shape index (κ1) is 13.3. The average molecular weight is 312 g/mol. The molecule has 0 spiro atoms. The van der Waals surface area contributed by atoms with Gasteiger partial charge in [0.15, 0.2) is 0 Å². The second-order valence-corrected chi connectivity index (χ2v) is 5.62. The largest absolute Gasteiger partial charge is 0.206 e. The standard InChI is InChI=1S/C11H13BrClFS/c1-8(5-13)6-15-7-9-3-2-4-10(14)11(9)12/h2-4,8H,5-7H2,1H3. The molecule has 1 unspecified atom stereocenters. The maximum absolute atomic E-state index is 13.2. The van der Waals surface area contributed by atoms with Crippen molar-refractivity contribution in [1.29, 1.82) is 0 Å². The highest BCUT2D eigenvalue weighted by Crippen LogP contribution is 2.25. The van der Waals surface area contributed by atoms with E-state index in [1.807, 2.05) is 6.07 Å². The summed E-state index contributed by atoms with van der Waals surface area (Å²) in [5, 5.41) is 0. The fourth-order valence-corrected chi connectivity index (χ4v) is 3.00. The fraction of sp³-hybridized carbons (Fsp3) is 0.455. The highest BCUT2D eigenvalue weighted by molar-refractivity contribution is 9.10. The Balaban J connectivity index is 2.47. The van der Waals surface area contributed by atoms with Gasteiger partial charge in [0.05, 0.1) is 4.47 Å². The van der Waals surface area contributed by atoms with Gasteiger partial charge in [0, 0.05) is 11.6 Å². The summed E-state index contributed by atoms with van der Waals surface area (Å²) in [6.07, 6.45) is 0. The van der Waals surface area contributed by atoms with E-state index in [0.717, 1.165) is 17.1 Å². The molecular weight excluding hydrogens is 299 g/mol. The number of hydrogen-bond acceptors (Lipinski definition) is 1. The molecule has 4 heteroatoms. The normalized spacial score (nSPS) is 12.8. The van der Waals surface area contributed by atoms with Gasteiger partial charge in [-0.15, -0.1) is 11.6 Å². The van der Waals surface area contributed by atoms with Crippen molar-refractivity contribution in [1.82, 2.24) is 0 Å². The first-order valence-electron chi connectivity index (χ1n) is 4.71. The molecule has 0 aromatic heterocycles. The van der Waals surface area contributed by atoms with E-state index in [1.165, 1.54) is 6.07 Å². The van der Waals surface area contributed by atoms with Crippen LogP contribution in [0.1, 0.15) is 12.5 Å². The Kier molecular flexibility index (Phi) is 6.02. The molecule has 84 valence electrons. The molecule has 1 aromatic rings. The van der Waals surface area contributed by atoms with Crippen LogP contribution in [-0.4, -0.2) is 11.6 Å². The molecule has 0 aliphatic rings. The van der Waals surface area contributed by atoms with Gasteiger partial charge in [-0.25, -0.2) is 4.39 Å². The lowest BCUT2D eigenvalue weighted by atomic mass is 10.2. The van der Waals surface area contributed by atoms with Crippen molar-refractivity contribution >= 4 is 39.3 Å². The molecule has 1 atom stereocenters. The topological polar surface area (TPSA) is 0 Å². The van der Waals surface area contributed by atoms with E-state index < -0.39 is 0 Å². The predicted molar refractivity (Wildman–Crippen MR) is 70.1 cm³/mol. The van der Waals surface area contributed by atoms with Crippen LogP contribution in [0.2, 0.25) is 0 Å². The summed E-state index contributed by atoms with van der Waals surface area (Å²) in [5.41, 5.74) is 1.00. The highest BCUT2D eigenvalue weighted by Gasteiger charge is 2.06. The SMILES string of the molecule is CC(CCl)CSCc1cccc(F)c1Br. The molecular formula is C11H13BrClFS. The van der Waals surface area contributed by atoms with E-state index in [4.69, 9.17) is 11.6 Å². The number of rotatable bonds is 5. The summed E-state index contributed by atoms with van der Waals surface area (Å²) in [6, 6.07) is 5.13. The van der Waals surface area contributed by atoms with Crippen molar-refractivity contribution in [2.75, 3.05) is 11.6 Å². The van der Waals surface area contributed by atoms with E-state index in [9.17, 15) is 4.39 Å². The third kappa shape index (κ3) is 4.33. The van der Waals surface area contributed by atoms with Crippen LogP contribution < -0.4 is 0 Å². The molecule has 0 bridgehead atoms. The Hall–Kier alpha value is 0.270. The van der Waals surface area contributed by atoms with Crippen molar-refractivity contribution in [2.24, 2.45) is 5.92 Å². The van der Waals surface area contributed by atoms with Gasteiger partial charge in [-0.3, -0.25) is 0 Å². The summed E-state index contributed by atoms with van der Waals surface area (Å²) >= 11 is 10.7. The zero-order chi connectivity index (χ0) is 11.3. The second kappa shape index (κ2) is 6.77. The zero-order valence-corrected chi connectivity index (χ0v) is 11.6. The van der Waals surface area contributed by atoms with Crippen molar-refractivity contribution in [3.63, 3.8) is 0 Å². The van der Waals surface area contributed by atoms with Gasteiger partial charge in [0.2, 0.25) is 0 Å². The average Bonchev–Trinajstić information content (AvgIpc) is 2.24. The first-order chi connectivity index (χ1) is 7.15. The first-order valence-corrected chi connectivity index (χ1v) is 7.20. The van der Waals surface area contributed by atoms with Gasteiger partial charge in [0.25, 0.3) is 0 Å². The second-order valence-electron chi connectivity index (χ2n) is 3.49. The summed E-state index contributed by atoms with van der Waals surface area (Å²) in [6.45, 7) is 2.11. The molecule has 0 radical (unpaired) electrons. The monoisotopic (exact) mass is 310 g/mol. The van der Waals surface area contributed by atoms with Crippen molar-refractivity contribution in [3.8, 4) is 0 Å². The fourth-order valence-electron chi connectivity index (χ4n) is 1.07. The summed E-state index contributed by atoms with van der Waals surface area (Å²) in [5.74, 6) is 2.81. The molecule has 0 saturated heterocycles. The molecule has 1 rings (SSSR count). The minimum absolute atomic E-state index is 0.196. The van der Waals surface area contributed by atoms with Crippen LogP contribution in [0.5, 0.6) is 0 Å². The lowest BCUT2D eigenvalue weighted by Gasteiger charge is -2.08. The van der Waals surface area contributed by atoms with Crippen LogP contribution in [0, 0.1) is 11.7 Å². The minimum Gasteiger partial charge on any atom is -0.206 e. The van der Waals surface area contributed by atoms with Gasteiger partial charge in [0.1, 0.15) is 5.82 Å². The molecule has 0 heterocycles. The Bertz CT molecular complexity index is 319. The molecule has 1 aromatic carbocycles. The molecule has 0 saturated carbocycles. The van der Waals surface area contributed by atoms with Crippen molar-refractivity contribution in [2.45, 2.75) is 12.7 Å². The van der Waals surface area contributed by atoms with Gasteiger partial charge in [-0.2, -0.15) is 11.8 Å². The maximum Gasteiger partial charge on any atom is 0.137 e. The van der Waals surface area contributed by atoms with Gasteiger partial charge in [-0.05, 0) is 39.2 Å². The number of thioether (sulfide) groups is 1. The van der Waals surface area contributed by atoms with Crippen LogP contribution in [0.4, 0.5) is 4.39 Å². The Labute approximate surface area is 108 Å². The summed E-state index contributed by atoms with van der Waals surface area (Å²) < 4.78 is 13.7. The minimum atomic E-state index is -0.196. The Morgan fingerprint density at radius 1 is 1.53 bits per heavy atom. The maximum atomic E-state index is 13.2. The van der Waals surface area contributed by atoms with Crippen LogP contribution >= 0.6 is 39.3 Å². The molecule has 0 aliphatic heterocycles. The molecule has 15 heavy (non-hydrogen) atoms. The van der Waals surface area contributed by atoms with E-state index in [0.29, 0.717) is 16.3 Å². The Morgan fingerprint density at radius 3 is 2.93 bits per heavy atom. The molecule has 0 N–H and O–H groups in total. The van der Waals surface area contributed by atoms with Crippen molar-refractivity contribution < 1.29 is 4.39 Å². The van der Waals surface area contributed by atoms with E-state index in [1.54, 1.807) is 17.8 Å². The smallest absolute Gasteiger partial charge is 0.137 e. The molecule has 0 aliphatic carbocycles. The third-order valence-electron chi connectivity index (χ3n) is 1.95. The quantitative estimate of drug-likeness (QED) is 0.711. The number of halogens is 3. The van der Waals surface area contributed by atoms with Crippen LogP contribution in [-0.2, 0) is 5.75 Å². The Morgan fingerprint density at radius 2 is 2.27 bits per heavy atom. The number of alkyl halides is 1. The lowest BCUT2D eigenvalue weighted by Crippen LogP contribution is -1.99.